The number of nitrogens with zero attached hydrogens (tertiary/aromatic N) is 2. The van der Waals surface area contributed by atoms with Gasteiger partial charge in [-0.3, -0.25) is 0 Å². The second kappa shape index (κ2) is 6.57. The van der Waals surface area contributed by atoms with Crippen molar-refractivity contribution in [3.05, 3.63) is 11.8 Å². The van der Waals surface area contributed by atoms with Crippen molar-refractivity contribution in [2.24, 2.45) is 17.8 Å². The van der Waals surface area contributed by atoms with Crippen molar-refractivity contribution in [2.45, 2.75) is 34.6 Å². The SMILES string of the molecule is COc1cc(C)nc(NCC(C(C)C)C(C)C)n1. The quantitative estimate of drug-likeness (QED) is 0.843. The molecule has 0 spiro atoms. The maximum atomic E-state index is 5.15. The monoisotopic (exact) mass is 251 g/mol. The van der Waals surface area contributed by atoms with Gasteiger partial charge in [-0.2, -0.15) is 4.98 Å². The third-order valence-electron chi connectivity index (χ3n) is 3.25. The Labute approximate surface area is 110 Å². The van der Waals surface area contributed by atoms with E-state index in [0.717, 1.165) is 12.2 Å². The van der Waals surface area contributed by atoms with E-state index in [1.54, 1.807) is 7.11 Å². The smallest absolute Gasteiger partial charge is 0.226 e. The summed E-state index contributed by atoms with van der Waals surface area (Å²) in [7, 11) is 1.62. The van der Waals surface area contributed by atoms with Crippen LogP contribution in [0.15, 0.2) is 6.07 Å². The van der Waals surface area contributed by atoms with Crippen molar-refractivity contribution >= 4 is 5.95 Å². The molecule has 102 valence electrons. The second-order valence-electron chi connectivity index (χ2n) is 5.41. The topological polar surface area (TPSA) is 47.0 Å². The van der Waals surface area contributed by atoms with E-state index in [4.69, 9.17) is 4.74 Å². The molecule has 0 aliphatic rings. The van der Waals surface area contributed by atoms with Gasteiger partial charge < -0.3 is 10.1 Å². The van der Waals surface area contributed by atoms with Gasteiger partial charge in [0.05, 0.1) is 7.11 Å². The summed E-state index contributed by atoms with van der Waals surface area (Å²) < 4.78 is 5.15. The van der Waals surface area contributed by atoms with E-state index >= 15 is 0 Å². The lowest BCUT2D eigenvalue weighted by molar-refractivity contribution is 0.304. The van der Waals surface area contributed by atoms with E-state index in [9.17, 15) is 0 Å². The molecule has 1 rings (SSSR count). The lowest BCUT2D eigenvalue weighted by Crippen LogP contribution is -2.25. The van der Waals surface area contributed by atoms with Crippen molar-refractivity contribution in [1.29, 1.82) is 0 Å². The normalized spacial score (nSPS) is 11.4. The van der Waals surface area contributed by atoms with E-state index in [2.05, 4.69) is 43.0 Å². The molecule has 0 aromatic carbocycles. The van der Waals surface area contributed by atoms with Crippen LogP contribution in [-0.2, 0) is 0 Å². The number of hydrogen-bond acceptors (Lipinski definition) is 4. The van der Waals surface area contributed by atoms with Crippen molar-refractivity contribution in [3.63, 3.8) is 0 Å². The van der Waals surface area contributed by atoms with Crippen LogP contribution >= 0.6 is 0 Å². The van der Waals surface area contributed by atoms with Crippen LogP contribution in [0.25, 0.3) is 0 Å². The number of aromatic nitrogens is 2. The van der Waals surface area contributed by atoms with Crippen molar-refractivity contribution < 1.29 is 4.74 Å². The summed E-state index contributed by atoms with van der Waals surface area (Å²) in [5.74, 6) is 3.15. The molecule has 1 heterocycles. The molecule has 0 unspecified atom stereocenters. The number of hydrogen-bond donors (Lipinski definition) is 1. The van der Waals surface area contributed by atoms with Gasteiger partial charge in [-0.05, 0) is 24.7 Å². The number of ether oxygens (including phenoxy) is 1. The average Bonchev–Trinajstić information content (AvgIpc) is 2.27. The van der Waals surface area contributed by atoms with Gasteiger partial charge in [-0.25, -0.2) is 4.98 Å². The summed E-state index contributed by atoms with van der Waals surface area (Å²) >= 11 is 0. The maximum Gasteiger partial charge on any atom is 0.226 e. The average molecular weight is 251 g/mol. The molecule has 4 heteroatoms. The zero-order valence-corrected chi connectivity index (χ0v) is 12.3. The van der Waals surface area contributed by atoms with Crippen LogP contribution < -0.4 is 10.1 Å². The lowest BCUT2D eigenvalue weighted by atomic mass is 9.85. The van der Waals surface area contributed by atoms with Crippen LogP contribution in [0.4, 0.5) is 5.95 Å². The molecule has 0 bridgehead atoms. The minimum absolute atomic E-state index is 0.607. The molecule has 1 aromatic rings. The Kier molecular flexibility index (Phi) is 5.38. The van der Waals surface area contributed by atoms with E-state index in [1.165, 1.54) is 0 Å². The number of aryl methyl sites for hydroxylation is 1. The first-order valence-electron chi connectivity index (χ1n) is 6.57. The van der Waals surface area contributed by atoms with E-state index in [1.807, 2.05) is 13.0 Å². The van der Waals surface area contributed by atoms with Crippen LogP contribution in [0.2, 0.25) is 0 Å². The molecule has 0 saturated heterocycles. The van der Waals surface area contributed by atoms with Crippen molar-refractivity contribution in [2.75, 3.05) is 19.0 Å². The molecule has 0 aliphatic heterocycles. The van der Waals surface area contributed by atoms with Crippen LogP contribution in [0, 0.1) is 24.7 Å². The number of nitrogens with one attached hydrogen (secondary N) is 1. The van der Waals surface area contributed by atoms with Crippen LogP contribution in [0.3, 0.4) is 0 Å². The lowest BCUT2D eigenvalue weighted by Gasteiger charge is -2.25. The molecule has 0 amide bonds. The number of methoxy groups -OCH3 is 1. The number of rotatable bonds is 6. The Morgan fingerprint density at radius 1 is 1.17 bits per heavy atom. The Morgan fingerprint density at radius 3 is 2.28 bits per heavy atom. The third-order valence-corrected chi connectivity index (χ3v) is 3.25. The molecule has 0 saturated carbocycles. The Hall–Kier alpha value is -1.32. The highest BCUT2D eigenvalue weighted by Crippen LogP contribution is 2.21. The standard InChI is InChI=1S/C14H25N3O/c1-9(2)12(10(3)4)8-15-14-16-11(5)7-13(17-14)18-6/h7,9-10,12H,8H2,1-6H3,(H,15,16,17). The van der Waals surface area contributed by atoms with E-state index in [-0.39, 0.29) is 0 Å². The van der Waals surface area contributed by atoms with E-state index < -0.39 is 0 Å². The molecule has 1 N–H and O–H groups in total. The largest absolute Gasteiger partial charge is 0.481 e. The summed E-state index contributed by atoms with van der Waals surface area (Å²) in [4.78, 5) is 8.67. The fourth-order valence-electron chi connectivity index (χ4n) is 2.17. The predicted molar refractivity (Wildman–Crippen MR) is 75.0 cm³/mol. The Bertz CT molecular complexity index is 369. The van der Waals surface area contributed by atoms with Crippen LogP contribution in [-0.4, -0.2) is 23.6 Å². The summed E-state index contributed by atoms with van der Waals surface area (Å²) in [6.07, 6.45) is 0. The van der Waals surface area contributed by atoms with Crippen molar-refractivity contribution in [3.8, 4) is 5.88 Å². The predicted octanol–water partition coefficient (Wildman–Crippen LogP) is 3.13. The molecule has 0 fully saturated rings. The Morgan fingerprint density at radius 2 is 1.78 bits per heavy atom. The summed E-state index contributed by atoms with van der Waals surface area (Å²) in [6.45, 7) is 11.8. The molecule has 1 aromatic heterocycles. The minimum atomic E-state index is 0.607. The van der Waals surface area contributed by atoms with Crippen molar-refractivity contribution in [1.82, 2.24) is 9.97 Å². The fraction of sp³-hybridized carbons (Fsp3) is 0.714. The molecular weight excluding hydrogens is 226 g/mol. The molecular formula is C14H25N3O. The first-order valence-corrected chi connectivity index (χ1v) is 6.57. The molecule has 18 heavy (non-hydrogen) atoms. The summed E-state index contributed by atoms with van der Waals surface area (Å²) in [5.41, 5.74) is 0.912. The van der Waals surface area contributed by atoms with E-state index in [0.29, 0.717) is 29.6 Å². The van der Waals surface area contributed by atoms with Gasteiger partial charge in [-0.1, -0.05) is 27.7 Å². The first-order chi connectivity index (χ1) is 8.43. The zero-order valence-electron chi connectivity index (χ0n) is 12.3. The van der Waals surface area contributed by atoms with Gasteiger partial charge in [0.1, 0.15) is 0 Å². The fourth-order valence-corrected chi connectivity index (χ4v) is 2.17. The molecule has 0 radical (unpaired) electrons. The highest BCUT2D eigenvalue weighted by molar-refractivity contribution is 5.30. The van der Waals surface area contributed by atoms with Crippen LogP contribution in [0.5, 0.6) is 5.88 Å². The van der Waals surface area contributed by atoms with Gasteiger partial charge in [0, 0.05) is 18.3 Å². The summed E-state index contributed by atoms with van der Waals surface area (Å²) in [5, 5.41) is 3.32. The highest BCUT2D eigenvalue weighted by atomic mass is 16.5. The van der Waals surface area contributed by atoms with Gasteiger partial charge in [0.25, 0.3) is 0 Å². The Balaban J connectivity index is 2.70. The highest BCUT2D eigenvalue weighted by Gasteiger charge is 2.17. The molecule has 4 nitrogen and oxygen atoms in total. The number of anilines is 1. The third kappa shape index (κ3) is 4.17. The minimum Gasteiger partial charge on any atom is -0.481 e. The zero-order chi connectivity index (χ0) is 13.7. The second-order valence-corrected chi connectivity index (χ2v) is 5.41. The summed E-state index contributed by atoms with van der Waals surface area (Å²) in [6, 6.07) is 1.83. The molecule has 0 atom stereocenters. The van der Waals surface area contributed by atoms with Gasteiger partial charge in [0.2, 0.25) is 11.8 Å². The van der Waals surface area contributed by atoms with Gasteiger partial charge in [0.15, 0.2) is 0 Å². The van der Waals surface area contributed by atoms with Gasteiger partial charge in [-0.15, -0.1) is 0 Å². The molecule has 0 aliphatic carbocycles. The maximum absolute atomic E-state index is 5.15. The van der Waals surface area contributed by atoms with Crippen LogP contribution in [0.1, 0.15) is 33.4 Å². The van der Waals surface area contributed by atoms with Gasteiger partial charge >= 0.3 is 0 Å². The first kappa shape index (κ1) is 14.7.